The van der Waals surface area contributed by atoms with E-state index in [-0.39, 0.29) is 6.17 Å². The van der Waals surface area contributed by atoms with Gasteiger partial charge < -0.3 is 11.1 Å². The van der Waals surface area contributed by atoms with Gasteiger partial charge in [0.25, 0.3) is 0 Å². The zero-order valence-corrected chi connectivity index (χ0v) is 4.96. The van der Waals surface area contributed by atoms with Crippen LogP contribution in [0.2, 0.25) is 0 Å². The van der Waals surface area contributed by atoms with Crippen LogP contribution in [0.1, 0.15) is 0 Å². The maximum atomic E-state index is 5.58. The first-order valence-corrected chi connectivity index (χ1v) is 2.66. The Morgan fingerprint density at radius 2 is 2.62 bits per heavy atom. The lowest BCUT2D eigenvalue weighted by atomic mass is 10.4. The summed E-state index contributed by atoms with van der Waals surface area (Å²) in [6.45, 7) is 0.845. The van der Waals surface area contributed by atoms with Crippen LogP contribution in [-0.2, 0) is 0 Å². The second-order valence-corrected chi connectivity index (χ2v) is 1.97. The molecular formula is C5H11N3. The van der Waals surface area contributed by atoms with Crippen molar-refractivity contribution in [3.8, 4) is 0 Å². The van der Waals surface area contributed by atoms with Crippen molar-refractivity contribution >= 4 is 0 Å². The van der Waals surface area contributed by atoms with Gasteiger partial charge in [-0.05, 0) is 19.3 Å². The molecule has 1 aliphatic rings. The molecule has 0 aromatic rings. The summed E-state index contributed by atoms with van der Waals surface area (Å²) < 4.78 is 0. The van der Waals surface area contributed by atoms with Crippen LogP contribution in [0.3, 0.4) is 0 Å². The number of hydrogen-bond acceptors (Lipinski definition) is 3. The molecule has 0 bridgehead atoms. The number of hydrogen-bond donors (Lipinski definition) is 2. The molecule has 1 aliphatic heterocycles. The minimum absolute atomic E-state index is 0.0937. The SMILES string of the molecule is CN1CNC=C[C@@H]1N. The fourth-order valence-electron chi connectivity index (χ4n) is 0.616. The number of rotatable bonds is 0. The van der Waals surface area contributed by atoms with Crippen molar-refractivity contribution < 1.29 is 0 Å². The topological polar surface area (TPSA) is 41.3 Å². The van der Waals surface area contributed by atoms with Crippen LogP contribution in [0.15, 0.2) is 12.3 Å². The summed E-state index contributed by atoms with van der Waals surface area (Å²) in [6.07, 6.45) is 3.89. The second kappa shape index (κ2) is 2.15. The fourth-order valence-corrected chi connectivity index (χ4v) is 0.616. The van der Waals surface area contributed by atoms with E-state index < -0.39 is 0 Å². The Kier molecular flexibility index (Phi) is 1.50. The van der Waals surface area contributed by atoms with Gasteiger partial charge in [-0.15, -0.1) is 0 Å². The van der Waals surface area contributed by atoms with Gasteiger partial charge in [0.1, 0.15) is 0 Å². The van der Waals surface area contributed by atoms with Crippen molar-refractivity contribution in [3.05, 3.63) is 12.3 Å². The Morgan fingerprint density at radius 3 is 3.00 bits per heavy atom. The zero-order chi connectivity index (χ0) is 5.98. The van der Waals surface area contributed by atoms with E-state index in [0.717, 1.165) is 6.67 Å². The molecule has 8 heavy (non-hydrogen) atoms. The lowest BCUT2D eigenvalue weighted by Crippen LogP contribution is -2.44. The van der Waals surface area contributed by atoms with E-state index in [1.165, 1.54) is 0 Å². The van der Waals surface area contributed by atoms with Crippen LogP contribution < -0.4 is 11.1 Å². The van der Waals surface area contributed by atoms with Crippen LogP contribution in [0, 0.1) is 0 Å². The normalized spacial score (nSPS) is 30.0. The van der Waals surface area contributed by atoms with Crippen molar-refractivity contribution in [1.82, 2.24) is 10.2 Å². The third-order valence-corrected chi connectivity index (χ3v) is 1.26. The lowest BCUT2D eigenvalue weighted by Gasteiger charge is -2.25. The molecule has 0 saturated heterocycles. The first-order valence-electron chi connectivity index (χ1n) is 2.66. The summed E-state index contributed by atoms with van der Waals surface area (Å²) in [5, 5.41) is 3.03. The molecule has 0 amide bonds. The standard InChI is InChI=1S/C5H11N3/c1-8-4-7-3-2-5(8)6/h2-3,5,7H,4,6H2,1H3/t5-/m1/s1. The Morgan fingerprint density at radius 1 is 1.88 bits per heavy atom. The van der Waals surface area contributed by atoms with Crippen LogP contribution in [0.5, 0.6) is 0 Å². The van der Waals surface area contributed by atoms with E-state index in [0.29, 0.717) is 0 Å². The van der Waals surface area contributed by atoms with Gasteiger partial charge in [0.15, 0.2) is 0 Å². The summed E-state index contributed by atoms with van der Waals surface area (Å²) >= 11 is 0. The van der Waals surface area contributed by atoms with Crippen LogP contribution >= 0.6 is 0 Å². The first-order chi connectivity index (χ1) is 3.80. The molecule has 0 saturated carbocycles. The average molecular weight is 113 g/mol. The highest BCUT2D eigenvalue weighted by atomic mass is 15.3. The number of nitrogens with one attached hydrogen (secondary N) is 1. The van der Waals surface area contributed by atoms with Gasteiger partial charge in [0.2, 0.25) is 0 Å². The van der Waals surface area contributed by atoms with Gasteiger partial charge in [-0.1, -0.05) is 0 Å². The van der Waals surface area contributed by atoms with Crippen LogP contribution in [0.4, 0.5) is 0 Å². The van der Waals surface area contributed by atoms with Crippen molar-refractivity contribution in [2.45, 2.75) is 6.17 Å². The highest BCUT2D eigenvalue weighted by molar-refractivity contribution is 4.92. The largest absolute Gasteiger partial charge is 0.378 e. The third-order valence-electron chi connectivity index (χ3n) is 1.26. The Balaban J connectivity index is 2.47. The monoisotopic (exact) mass is 113 g/mol. The summed E-state index contributed by atoms with van der Waals surface area (Å²) in [5.74, 6) is 0. The first kappa shape index (κ1) is 5.59. The molecule has 0 aromatic carbocycles. The highest BCUT2D eigenvalue weighted by Gasteiger charge is 2.06. The minimum atomic E-state index is 0.0937. The van der Waals surface area contributed by atoms with E-state index in [4.69, 9.17) is 5.73 Å². The van der Waals surface area contributed by atoms with Crippen molar-refractivity contribution in [3.63, 3.8) is 0 Å². The fraction of sp³-hybridized carbons (Fsp3) is 0.600. The Labute approximate surface area is 49.2 Å². The highest BCUT2D eigenvalue weighted by Crippen LogP contribution is 1.92. The van der Waals surface area contributed by atoms with Gasteiger partial charge in [-0.2, -0.15) is 0 Å². The molecular weight excluding hydrogens is 102 g/mol. The molecule has 0 spiro atoms. The predicted octanol–water partition coefficient (Wildman–Crippen LogP) is -0.723. The number of nitrogens with zero attached hydrogens (tertiary/aromatic N) is 1. The Hall–Kier alpha value is -0.540. The van der Waals surface area contributed by atoms with E-state index in [9.17, 15) is 0 Å². The third kappa shape index (κ3) is 0.993. The molecule has 3 N–H and O–H groups in total. The molecule has 46 valence electrons. The molecule has 3 nitrogen and oxygen atoms in total. The Bertz CT molecular complexity index is 99.8. The summed E-state index contributed by atoms with van der Waals surface area (Å²) in [7, 11) is 1.97. The molecule has 0 radical (unpaired) electrons. The average Bonchev–Trinajstić information content (AvgIpc) is 1.77. The van der Waals surface area contributed by atoms with E-state index in [1.807, 2.05) is 24.2 Å². The van der Waals surface area contributed by atoms with E-state index >= 15 is 0 Å². The maximum Gasteiger partial charge on any atom is 0.0792 e. The molecule has 0 aromatic heterocycles. The van der Waals surface area contributed by atoms with Gasteiger partial charge >= 0.3 is 0 Å². The lowest BCUT2D eigenvalue weighted by molar-refractivity contribution is 0.263. The van der Waals surface area contributed by atoms with Crippen LogP contribution in [-0.4, -0.2) is 24.8 Å². The maximum absolute atomic E-state index is 5.58. The second-order valence-electron chi connectivity index (χ2n) is 1.97. The molecule has 0 fully saturated rings. The van der Waals surface area contributed by atoms with E-state index in [2.05, 4.69) is 5.32 Å². The van der Waals surface area contributed by atoms with Crippen molar-refractivity contribution in [2.24, 2.45) is 5.73 Å². The molecule has 1 atom stereocenters. The van der Waals surface area contributed by atoms with Crippen molar-refractivity contribution in [1.29, 1.82) is 0 Å². The number of nitrogens with two attached hydrogens (primary N) is 1. The quantitative estimate of drug-likeness (QED) is 0.435. The van der Waals surface area contributed by atoms with Gasteiger partial charge in [0, 0.05) is 0 Å². The van der Waals surface area contributed by atoms with Crippen LogP contribution in [0.25, 0.3) is 0 Å². The summed E-state index contributed by atoms with van der Waals surface area (Å²) in [4.78, 5) is 2.01. The smallest absolute Gasteiger partial charge is 0.0792 e. The van der Waals surface area contributed by atoms with E-state index in [1.54, 1.807) is 0 Å². The summed E-state index contributed by atoms with van der Waals surface area (Å²) in [6, 6.07) is 0. The molecule has 1 rings (SSSR count). The van der Waals surface area contributed by atoms with Gasteiger partial charge in [-0.25, -0.2) is 0 Å². The van der Waals surface area contributed by atoms with Gasteiger partial charge in [-0.3, -0.25) is 4.90 Å². The van der Waals surface area contributed by atoms with Gasteiger partial charge in [0.05, 0.1) is 12.8 Å². The predicted molar refractivity (Wildman–Crippen MR) is 32.9 cm³/mol. The van der Waals surface area contributed by atoms with Crippen molar-refractivity contribution in [2.75, 3.05) is 13.7 Å². The number of likely N-dealkylation sites (N-methyl/N-ethyl adjacent to an activating group) is 1. The molecule has 1 heterocycles. The minimum Gasteiger partial charge on any atom is -0.378 e. The molecule has 0 aliphatic carbocycles. The molecule has 0 unspecified atom stereocenters. The molecule has 3 heteroatoms. The summed E-state index contributed by atoms with van der Waals surface area (Å²) in [5.41, 5.74) is 5.58. The zero-order valence-electron chi connectivity index (χ0n) is 4.96.